The first-order valence-electron chi connectivity index (χ1n) is 5.68. The van der Waals surface area contributed by atoms with Gasteiger partial charge < -0.3 is 5.32 Å². The standard InChI is InChI=1S/C12H11BrF3N3S/c1-6-5-20-11(18-6)7(2)19-10-9(12(14,15)16)3-8(13)4-17-10/h3-5,7H,1-2H3,(H,17,19). The molecule has 0 fully saturated rings. The zero-order chi connectivity index (χ0) is 14.9. The Kier molecular flexibility index (Phi) is 4.33. The van der Waals surface area contributed by atoms with Crippen LogP contribution in [0.15, 0.2) is 22.1 Å². The quantitative estimate of drug-likeness (QED) is 0.848. The Bertz CT molecular complexity index is 612. The third kappa shape index (κ3) is 3.49. The smallest absolute Gasteiger partial charge is 0.361 e. The summed E-state index contributed by atoms with van der Waals surface area (Å²) in [7, 11) is 0. The molecule has 8 heteroatoms. The lowest BCUT2D eigenvalue weighted by Crippen LogP contribution is -2.15. The van der Waals surface area contributed by atoms with Crippen molar-refractivity contribution in [1.29, 1.82) is 0 Å². The fourth-order valence-electron chi connectivity index (χ4n) is 1.61. The summed E-state index contributed by atoms with van der Waals surface area (Å²) in [5, 5.41) is 5.35. The molecule has 1 unspecified atom stereocenters. The van der Waals surface area contributed by atoms with E-state index in [1.165, 1.54) is 17.5 Å². The van der Waals surface area contributed by atoms with E-state index in [9.17, 15) is 13.2 Å². The van der Waals surface area contributed by atoms with E-state index in [0.29, 0.717) is 0 Å². The fourth-order valence-corrected chi connectivity index (χ4v) is 2.74. The molecule has 1 N–H and O–H groups in total. The monoisotopic (exact) mass is 365 g/mol. The average molecular weight is 366 g/mol. The molecule has 0 saturated heterocycles. The van der Waals surface area contributed by atoms with Crippen molar-refractivity contribution < 1.29 is 13.2 Å². The number of aryl methyl sites for hydroxylation is 1. The number of halogens is 4. The van der Waals surface area contributed by atoms with Crippen LogP contribution < -0.4 is 5.32 Å². The lowest BCUT2D eigenvalue weighted by atomic mass is 10.2. The first-order valence-corrected chi connectivity index (χ1v) is 7.36. The van der Waals surface area contributed by atoms with Crippen LogP contribution in [0, 0.1) is 6.92 Å². The average Bonchev–Trinajstić information content (AvgIpc) is 2.77. The van der Waals surface area contributed by atoms with E-state index < -0.39 is 11.7 Å². The molecular formula is C12H11BrF3N3S. The van der Waals surface area contributed by atoms with Crippen LogP contribution in [0.2, 0.25) is 0 Å². The first-order chi connectivity index (χ1) is 9.27. The summed E-state index contributed by atoms with van der Waals surface area (Å²) < 4.78 is 39.2. The topological polar surface area (TPSA) is 37.8 Å². The Hall–Kier alpha value is -1.15. The second-order valence-corrected chi connectivity index (χ2v) is 6.05. The van der Waals surface area contributed by atoms with Gasteiger partial charge in [-0.3, -0.25) is 0 Å². The maximum atomic E-state index is 13.0. The maximum Gasteiger partial charge on any atom is 0.419 e. The Balaban J connectivity index is 2.29. The van der Waals surface area contributed by atoms with Crippen LogP contribution in [0.3, 0.4) is 0 Å². The van der Waals surface area contributed by atoms with Gasteiger partial charge in [0.25, 0.3) is 0 Å². The van der Waals surface area contributed by atoms with Gasteiger partial charge >= 0.3 is 6.18 Å². The van der Waals surface area contributed by atoms with Gasteiger partial charge in [-0.15, -0.1) is 11.3 Å². The molecule has 1 atom stereocenters. The van der Waals surface area contributed by atoms with Gasteiger partial charge in [-0.1, -0.05) is 0 Å². The van der Waals surface area contributed by atoms with Crippen LogP contribution in [0.4, 0.5) is 19.0 Å². The molecule has 0 aliphatic rings. The third-order valence-corrected chi connectivity index (χ3v) is 4.10. The van der Waals surface area contributed by atoms with Crippen molar-refractivity contribution in [3.05, 3.63) is 38.4 Å². The predicted octanol–water partition coefficient (Wildman–Crippen LogP) is 4.80. The number of anilines is 1. The Morgan fingerprint density at radius 1 is 1.40 bits per heavy atom. The predicted molar refractivity (Wildman–Crippen MR) is 75.8 cm³/mol. The number of alkyl halides is 3. The zero-order valence-corrected chi connectivity index (χ0v) is 13.0. The fraction of sp³-hybridized carbons (Fsp3) is 0.333. The lowest BCUT2D eigenvalue weighted by molar-refractivity contribution is -0.137. The van der Waals surface area contributed by atoms with Crippen molar-refractivity contribution in [2.75, 3.05) is 5.32 Å². The van der Waals surface area contributed by atoms with E-state index >= 15 is 0 Å². The minimum atomic E-state index is -4.46. The van der Waals surface area contributed by atoms with E-state index in [0.717, 1.165) is 16.8 Å². The second kappa shape index (κ2) is 5.69. The summed E-state index contributed by atoms with van der Waals surface area (Å²) >= 11 is 4.40. The molecular weight excluding hydrogens is 355 g/mol. The molecule has 0 aromatic carbocycles. The van der Waals surface area contributed by atoms with Gasteiger partial charge in [0.05, 0.1) is 11.6 Å². The summed E-state index contributed by atoms with van der Waals surface area (Å²) in [6.07, 6.45) is -3.13. The molecule has 0 spiro atoms. The molecule has 0 aliphatic carbocycles. The molecule has 3 nitrogen and oxygen atoms in total. The SMILES string of the molecule is Cc1csc(C(C)Nc2ncc(Br)cc2C(F)(F)F)n1. The molecule has 0 saturated carbocycles. The van der Waals surface area contributed by atoms with Gasteiger partial charge in [-0.2, -0.15) is 13.2 Å². The number of hydrogen-bond acceptors (Lipinski definition) is 4. The third-order valence-electron chi connectivity index (χ3n) is 2.52. The van der Waals surface area contributed by atoms with Crippen LogP contribution in [-0.2, 0) is 6.18 Å². The number of rotatable bonds is 3. The van der Waals surface area contributed by atoms with Crippen LogP contribution in [0.1, 0.15) is 29.2 Å². The first kappa shape index (κ1) is 15.2. The largest absolute Gasteiger partial charge is 0.419 e. The molecule has 2 aromatic heterocycles. The van der Waals surface area contributed by atoms with Crippen molar-refractivity contribution in [2.24, 2.45) is 0 Å². The van der Waals surface area contributed by atoms with Crippen molar-refractivity contribution in [3.8, 4) is 0 Å². The van der Waals surface area contributed by atoms with E-state index in [1.807, 2.05) is 12.3 Å². The van der Waals surface area contributed by atoms with E-state index in [1.54, 1.807) is 6.92 Å². The van der Waals surface area contributed by atoms with Crippen molar-refractivity contribution in [1.82, 2.24) is 9.97 Å². The van der Waals surface area contributed by atoms with Crippen LogP contribution in [0.5, 0.6) is 0 Å². The highest BCUT2D eigenvalue weighted by atomic mass is 79.9. The van der Waals surface area contributed by atoms with Crippen LogP contribution in [0.25, 0.3) is 0 Å². The van der Waals surface area contributed by atoms with Crippen molar-refractivity contribution >= 4 is 33.1 Å². The van der Waals surface area contributed by atoms with Gasteiger partial charge in [0, 0.05) is 21.7 Å². The van der Waals surface area contributed by atoms with Gasteiger partial charge in [-0.25, -0.2) is 9.97 Å². The Morgan fingerprint density at radius 3 is 2.65 bits per heavy atom. The molecule has 20 heavy (non-hydrogen) atoms. The summed E-state index contributed by atoms with van der Waals surface area (Å²) in [4.78, 5) is 8.07. The Labute approximate surface area is 126 Å². The molecule has 0 aliphatic heterocycles. The molecule has 108 valence electrons. The van der Waals surface area contributed by atoms with E-state index in [4.69, 9.17) is 0 Å². The highest BCUT2D eigenvalue weighted by Crippen LogP contribution is 2.36. The number of nitrogens with zero attached hydrogens (tertiary/aromatic N) is 2. The maximum absolute atomic E-state index is 13.0. The van der Waals surface area contributed by atoms with Crippen molar-refractivity contribution in [2.45, 2.75) is 26.1 Å². The number of pyridine rings is 1. The second-order valence-electron chi connectivity index (χ2n) is 4.24. The Morgan fingerprint density at radius 2 is 2.10 bits per heavy atom. The van der Waals surface area contributed by atoms with Gasteiger partial charge in [0.2, 0.25) is 0 Å². The molecule has 2 heterocycles. The highest BCUT2D eigenvalue weighted by Gasteiger charge is 2.35. The summed E-state index contributed by atoms with van der Waals surface area (Å²) in [5.41, 5.74) is 0.0467. The minimum absolute atomic E-state index is 0.193. The number of aromatic nitrogens is 2. The van der Waals surface area contributed by atoms with Crippen LogP contribution in [-0.4, -0.2) is 9.97 Å². The summed E-state index contributed by atoms with van der Waals surface area (Å²) in [6, 6.07) is 0.665. The normalized spacial score (nSPS) is 13.3. The van der Waals surface area contributed by atoms with Crippen LogP contribution >= 0.6 is 27.3 Å². The molecule has 0 amide bonds. The van der Waals surface area contributed by atoms with Gasteiger partial charge in [-0.05, 0) is 35.8 Å². The molecule has 2 rings (SSSR count). The minimum Gasteiger partial charge on any atom is -0.361 e. The lowest BCUT2D eigenvalue weighted by Gasteiger charge is -2.17. The summed E-state index contributed by atoms with van der Waals surface area (Å²) in [5.74, 6) is -0.193. The molecule has 0 bridgehead atoms. The zero-order valence-electron chi connectivity index (χ0n) is 10.6. The molecule has 0 radical (unpaired) electrons. The molecule has 2 aromatic rings. The van der Waals surface area contributed by atoms with Crippen molar-refractivity contribution in [3.63, 3.8) is 0 Å². The number of nitrogens with one attached hydrogen (secondary N) is 1. The highest BCUT2D eigenvalue weighted by molar-refractivity contribution is 9.10. The number of thiazole rings is 1. The van der Waals surface area contributed by atoms with E-state index in [-0.39, 0.29) is 16.3 Å². The van der Waals surface area contributed by atoms with E-state index in [2.05, 4.69) is 31.2 Å². The summed E-state index contributed by atoms with van der Waals surface area (Å²) in [6.45, 7) is 3.59. The van der Waals surface area contributed by atoms with Gasteiger partial charge in [0.1, 0.15) is 10.8 Å². The number of hydrogen-bond donors (Lipinski definition) is 1. The van der Waals surface area contributed by atoms with Gasteiger partial charge in [0.15, 0.2) is 0 Å².